The van der Waals surface area contributed by atoms with Crippen molar-refractivity contribution in [2.24, 2.45) is 0 Å². The molecule has 25 heavy (non-hydrogen) atoms. The Labute approximate surface area is 149 Å². The number of ether oxygens (including phenoxy) is 1. The van der Waals surface area contributed by atoms with Gasteiger partial charge in [0.15, 0.2) is 0 Å². The topological polar surface area (TPSA) is 45.7 Å². The standard InChI is InChI=1S/C20H27N3O2/c1-15(17-8-7-16-6-5-9-21-18(16)14-17)22-10-12-23(13-11-22)19(24)25-20(2,3)4/h5-9,14-15H,10-13H2,1-4H3. The Bertz CT molecular complexity index is 746. The molecule has 3 rings (SSSR count). The average molecular weight is 341 g/mol. The van der Waals surface area contributed by atoms with Crippen molar-refractivity contribution >= 4 is 17.0 Å². The summed E-state index contributed by atoms with van der Waals surface area (Å²) < 4.78 is 5.47. The number of carbonyl (C=O) groups excluding carboxylic acids is 1. The van der Waals surface area contributed by atoms with E-state index in [1.54, 1.807) is 4.90 Å². The van der Waals surface area contributed by atoms with Gasteiger partial charge >= 0.3 is 6.09 Å². The van der Waals surface area contributed by atoms with Gasteiger partial charge in [-0.3, -0.25) is 9.88 Å². The summed E-state index contributed by atoms with van der Waals surface area (Å²) >= 11 is 0. The van der Waals surface area contributed by atoms with Gasteiger partial charge in [-0.2, -0.15) is 0 Å². The van der Waals surface area contributed by atoms with Gasteiger partial charge in [0.05, 0.1) is 5.52 Å². The number of amides is 1. The minimum atomic E-state index is -0.445. The summed E-state index contributed by atoms with van der Waals surface area (Å²) in [5.41, 5.74) is 1.84. The molecule has 0 aliphatic carbocycles. The molecule has 1 aliphatic heterocycles. The minimum absolute atomic E-state index is 0.213. The first-order valence-electron chi connectivity index (χ1n) is 8.90. The lowest BCUT2D eigenvalue weighted by Crippen LogP contribution is -2.50. The number of fused-ring (bicyclic) bond motifs is 1. The zero-order chi connectivity index (χ0) is 18.0. The summed E-state index contributed by atoms with van der Waals surface area (Å²) in [4.78, 5) is 20.8. The van der Waals surface area contributed by atoms with E-state index in [-0.39, 0.29) is 6.09 Å². The van der Waals surface area contributed by atoms with Crippen LogP contribution in [0.25, 0.3) is 10.9 Å². The second kappa shape index (κ2) is 7.00. The lowest BCUT2D eigenvalue weighted by atomic mass is 10.0. The van der Waals surface area contributed by atoms with Gasteiger partial charge in [0.1, 0.15) is 5.60 Å². The molecule has 1 unspecified atom stereocenters. The van der Waals surface area contributed by atoms with Crippen molar-refractivity contribution in [1.82, 2.24) is 14.8 Å². The molecule has 1 atom stereocenters. The lowest BCUT2D eigenvalue weighted by molar-refractivity contribution is 0.0110. The molecule has 1 aliphatic rings. The number of rotatable bonds is 2. The predicted octanol–water partition coefficient (Wildman–Crippen LogP) is 3.85. The first-order chi connectivity index (χ1) is 11.8. The van der Waals surface area contributed by atoms with Crippen LogP contribution < -0.4 is 0 Å². The molecule has 0 bridgehead atoms. The molecular weight excluding hydrogens is 314 g/mol. The largest absolute Gasteiger partial charge is 0.444 e. The van der Waals surface area contributed by atoms with Gasteiger partial charge in [0, 0.05) is 43.8 Å². The highest BCUT2D eigenvalue weighted by Crippen LogP contribution is 2.25. The fourth-order valence-electron chi connectivity index (χ4n) is 3.17. The summed E-state index contributed by atoms with van der Waals surface area (Å²) in [6, 6.07) is 10.8. The molecule has 2 aromatic rings. The van der Waals surface area contributed by atoms with E-state index in [1.807, 2.05) is 33.0 Å². The zero-order valence-electron chi connectivity index (χ0n) is 15.5. The van der Waals surface area contributed by atoms with Crippen LogP contribution in [0.3, 0.4) is 0 Å². The van der Waals surface area contributed by atoms with Gasteiger partial charge < -0.3 is 9.64 Å². The fraction of sp³-hybridized carbons (Fsp3) is 0.500. The third kappa shape index (κ3) is 4.28. The van der Waals surface area contributed by atoms with Crippen molar-refractivity contribution < 1.29 is 9.53 Å². The number of aromatic nitrogens is 1. The van der Waals surface area contributed by atoms with E-state index >= 15 is 0 Å². The number of piperazine rings is 1. The predicted molar refractivity (Wildman–Crippen MR) is 99.5 cm³/mol. The third-order valence-corrected chi connectivity index (χ3v) is 4.63. The number of hydrogen-bond donors (Lipinski definition) is 0. The summed E-state index contributed by atoms with van der Waals surface area (Å²) in [6.07, 6.45) is 1.62. The maximum absolute atomic E-state index is 12.2. The minimum Gasteiger partial charge on any atom is -0.444 e. The van der Waals surface area contributed by atoms with Crippen LogP contribution >= 0.6 is 0 Å². The van der Waals surface area contributed by atoms with Gasteiger partial charge in [-0.1, -0.05) is 18.2 Å². The summed E-state index contributed by atoms with van der Waals surface area (Å²) in [5, 5.41) is 1.16. The Morgan fingerprint density at radius 3 is 2.56 bits per heavy atom. The van der Waals surface area contributed by atoms with Crippen LogP contribution in [0.1, 0.15) is 39.3 Å². The van der Waals surface area contributed by atoms with Crippen LogP contribution in [-0.2, 0) is 4.74 Å². The van der Waals surface area contributed by atoms with Crippen molar-refractivity contribution in [3.63, 3.8) is 0 Å². The Hall–Kier alpha value is -2.14. The van der Waals surface area contributed by atoms with E-state index in [9.17, 15) is 4.79 Å². The van der Waals surface area contributed by atoms with Crippen molar-refractivity contribution in [2.75, 3.05) is 26.2 Å². The molecule has 1 amide bonds. The number of benzene rings is 1. The summed E-state index contributed by atoms with van der Waals surface area (Å²) in [5.74, 6) is 0. The summed E-state index contributed by atoms with van der Waals surface area (Å²) in [7, 11) is 0. The van der Waals surface area contributed by atoms with Crippen LogP contribution in [0.15, 0.2) is 36.5 Å². The van der Waals surface area contributed by atoms with E-state index in [1.165, 1.54) is 5.56 Å². The van der Waals surface area contributed by atoms with E-state index in [2.05, 4.69) is 41.1 Å². The SMILES string of the molecule is CC(c1ccc2cccnc2c1)N1CCN(C(=O)OC(C)(C)C)CC1. The van der Waals surface area contributed by atoms with Gasteiger partial charge in [-0.15, -0.1) is 0 Å². The Morgan fingerprint density at radius 1 is 1.16 bits per heavy atom. The van der Waals surface area contributed by atoms with Crippen LogP contribution in [0, 0.1) is 0 Å². The molecule has 0 spiro atoms. The molecule has 0 radical (unpaired) electrons. The Kier molecular flexibility index (Phi) is 4.95. The molecule has 1 fully saturated rings. The molecule has 0 saturated carbocycles. The Morgan fingerprint density at radius 2 is 1.88 bits per heavy atom. The second-order valence-electron chi connectivity index (χ2n) is 7.63. The normalized spacial score (nSPS) is 17.5. The zero-order valence-corrected chi connectivity index (χ0v) is 15.5. The third-order valence-electron chi connectivity index (χ3n) is 4.63. The number of pyridine rings is 1. The monoisotopic (exact) mass is 341 g/mol. The molecule has 2 heterocycles. The molecule has 0 N–H and O–H groups in total. The van der Waals surface area contributed by atoms with E-state index in [0.717, 1.165) is 24.0 Å². The molecule has 1 saturated heterocycles. The van der Waals surface area contributed by atoms with E-state index < -0.39 is 5.60 Å². The van der Waals surface area contributed by atoms with Crippen LogP contribution in [-0.4, -0.2) is 52.7 Å². The smallest absolute Gasteiger partial charge is 0.410 e. The van der Waals surface area contributed by atoms with Crippen LogP contribution in [0.2, 0.25) is 0 Å². The average Bonchev–Trinajstić information content (AvgIpc) is 2.59. The first-order valence-corrected chi connectivity index (χ1v) is 8.90. The van der Waals surface area contributed by atoms with Crippen molar-refractivity contribution in [3.8, 4) is 0 Å². The van der Waals surface area contributed by atoms with Crippen LogP contribution in [0.4, 0.5) is 4.79 Å². The van der Waals surface area contributed by atoms with Crippen molar-refractivity contribution in [3.05, 3.63) is 42.1 Å². The quantitative estimate of drug-likeness (QED) is 0.832. The first kappa shape index (κ1) is 17.7. The van der Waals surface area contributed by atoms with Gasteiger partial charge in [0.25, 0.3) is 0 Å². The van der Waals surface area contributed by atoms with E-state index in [4.69, 9.17) is 4.74 Å². The highest BCUT2D eigenvalue weighted by atomic mass is 16.6. The van der Waals surface area contributed by atoms with Gasteiger partial charge in [-0.05, 0) is 45.4 Å². The van der Waals surface area contributed by atoms with E-state index in [0.29, 0.717) is 19.1 Å². The summed E-state index contributed by atoms with van der Waals surface area (Å²) in [6.45, 7) is 11.0. The number of hydrogen-bond acceptors (Lipinski definition) is 4. The Balaban J connectivity index is 1.62. The molecular formula is C20H27N3O2. The molecule has 134 valence electrons. The molecule has 5 nitrogen and oxygen atoms in total. The molecule has 1 aromatic carbocycles. The van der Waals surface area contributed by atoms with Gasteiger partial charge in [-0.25, -0.2) is 4.79 Å². The highest BCUT2D eigenvalue weighted by Gasteiger charge is 2.28. The maximum atomic E-state index is 12.2. The highest BCUT2D eigenvalue weighted by molar-refractivity contribution is 5.79. The lowest BCUT2D eigenvalue weighted by Gasteiger charge is -2.38. The van der Waals surface area contributed by atoms with Gasteiger partial charge in [0.2, 0.25) is 0 Å². The maximum Gasteiger partial charge on any atom is 0.410 e. The van der Waals surface area contributed by atoms with Crippen molar-refractivity contribution in [1.29, 1.82) is 0 Å². The molecule has 1 aromatic heterocycles. The number of nitrogens with zero attached hydrogens (tertiary/aromatic N) is 3. The second-order valence-corrected chi connectivity index (χ2v) is 7.63. The van der Waals surface area contributed by atoms with Crippen molar-refractivity contribution in [2.45, 2.75) is 39.3 Å². The molecule has 5 heteroatoms. The fourth-order valence-corrected chi connectivity index (χ4v) is 3.17. The number of carbonyl (C=O) groups is 1. The van der Waals surface area contributed by atoms with Crippen LogP contribution in [0.5, 0.6) is 0 Å².